The molecule has 2 nitrogen and oxygen atoms in total. The van der Waals surface area contributed by atoms with Gasteiger partial charge in [0, 0.05) is 0 Å². The minimum atomic E-state index is -0.620. The molecule has 2 heteroatoms. The summed E-state index contributed by atoms with van der Waals surface area (Å²) in [7, 11) is 0. The van der Waals surface area contributed by atoms with Crippen molar-refractivity contribution in [1.29, 1.82) is 0 Å². The zero-order valence-electron chi connectivity index (χ0n) is 8.89. The van der Waals surface area contributed by atoms with Crippen LogP contribution in [0.5, 0.6) is 0 Å². The first-order valence-corrected chi connectivity index (χ1v) is 5.09. The molecule has 1 aliphatic carbocycles. The van der Waals surface area contributed by atoms with Crippen LogP contribution in [0.3, 0.4) is 0 Å². The number of carboxylic acid groups (broad SMARTS) is 1. The predicted octanol–water partition coefficient (Wildman–Crippen LogP) is 3.07. The van der Waals surface area contributed by atoms with Crippen molar-refractivity contribution in [1.82, 2.24) is 0 Å². The van der Waals surface area contributed by atoms with E-state index in [9.17, 15) is 4.79 Å². The molecule has 0 amide bonds. The second-order valence-corrected chi connectivity index (χ2v) is 5.38. The van der Waals surface area contributed by atoms with Crippen molar-refractivity contribution in [3.05, 3.63) is 0 Å². The van der Waals surface area contributed by atoms with Gasteiger partial charge in [0.05, 0.1) is 5.41 Å². The van der Waals surface area contributed by atoms with Crippen molar-refractivity contribution in [2.45, 2.75) is 52.9 Å². The molecule has 1 fully saturated rings. The topological polar surface area (TPSA) is 37.3 Å². The van der Waals surface area contributed by atoms with Crippen molar-refractivity contribution in [3.8, 4) is 0 Å². The van der Waals surface area contributed by atoms with Crippen molar-refractivity contribution < 1.29 is 9.90 Å². The van der Waals surface area contributed by atoms with Crippen LogP contribution in [0.4, 0.5) is 0 Å². The lowest BCUT2D eigenvalue weighted by Gasteiger charge is -2.24. The molecule has 1 unspecified atom stereocenters. The predicted molar refractivity (Wildman–Crippen MR) is 52.6 cm³/mol. The van der Waals surface area contributed by atoms with Crippen LogP contribution in [-0.2, 0) is 4.79 Å². The third-order valence-corrected chi connectivity index (χ3v) is 3.45. The van der Waals surface area contributed by atoms with Gasteiger partial charge in [0.1, 0.15) is 0 Å². The Balaban J connectivity index is 2.69. The van der Waals surface area contributed by atoms with E-state index in [2.05, 4.69) is 13.8 Å². The van der Waals surface area contributed by atoms with E-state index in [-0.39, 0.29) is 0 Å². The Kier molecular flexibility index (Phi) is 2.69. The molecule has 13 heavy (non-hydrogen) atoms. The van der Waals surface area contributed by atoms with Crippen molar-refractivity contribution >= 4 is 5.97 Å². The SMILES string of the molecule is CC1(C)CCCC(C)(C(=O)O)CC1. The summed E-state index contributed by atoms with van der Waals surface area (Å²) >= 11 is 0. The van der Waals surface area contributed by atoms with Gasteiger partial charge in [-0.05, 0) is 38.0 Å². The molecule has 1 atom stereocenters. The molecule has 1 saturated carbocycles. The molecule has 1 N–H and O–H groups in total. The fraction of sp³-hybridized carbons (Fsp3) is 0.909. The first-order chi connectivity index (χ1) is 5.86. The summed E-state index contributed by atoms with van der Waals surface area (Å²) in [5.74, 6) is -0.620. The number of hydrogen-bond acceptors (Lipinski definition) is 1. The third kappa shape index (κ3) is 2.45. The van der Waals surface area contributed by atoms with Gasteiger partial charge in [-0.3, -0.25) is 4.79 Å². The monoisotopic (exact) mass is 184 g/mol. The first kappa shape index (κ1) is 10.6. The maximum absolute atomic E-state index is 11.0. The summed E-state index contributed by atoms with van der Waals surface area (Å²) in [6, 6.07) is 0. The lowest BCUT2D eigenvalue weighted by atomic mass is 9.80. The van der Waals surface area contributed by atoms with Crippen molar-refractivity contribution in [3.63, 3.8) is 0 Å². The maximum atomic E-state index is 11.0. The summed E-state index contributed by atoms with van der Waals surface area (Å²) in [6.45, 7) is 6.36. The average molecular weight is 184 g/mol. The van der Waals surface area contributed by atoms with Crippen LogP contribution < -0.4 is 0 Å². The second kappa shape index (κ2) is 3.32. The van der Waals surface area contributed by atoms with E-state index in [1.165, 1.54) is 0 Å². The van der Waals surface area contributed by atoms with Crippen LogP contribution in [0.15, 0.2) is 0 Å². The normalized spacial score (nSPS) is 33.8. The lowest BCUT2D eigenvalue weighted by molar-refractivity contribution is -0.148. The van der Waals surface area contributed by atoms with Gasteiger partial charge in [0.2, 0.25) is 0 Å². The maximum Gasteiger partial charge on any atom is 0.309 e. The standard InChI is InChI=1S/C11H20O2/c1-10(2)5-4-6-11(3,8-7-10)9(12)13/h4-8H2,1-3H3,(H,12,13). The number of carbonyl (C=O) groups is 1. The van der Waals surface area contributed by atoms with Gasteiger partial charge in [0.25, 0.3) is 0 Å². The van der Waals surface area contributed by atoms with Gasteiger partial charge in [-0.1, -0.05) is 20.3 Å². The summed E-state index contributed by atoms with van der Waals surface area (Å²) < 4.78 is 0. The Labute approximate surface area is 80.3 Å². The average Bonchev–Trinajstić information content (AvgIpc) is 2.12. The van der Waals surface area contributed by atoms with Crippen LogP contribution in [0.25, 0.3) is 0 Å². The summed E-state index contributed by atoms with van der Waals surface area (Å²) in [5.41, 5.74) is -0.124. The molecular formula is C11H20O2. The van der Waals surface area contributed by atoms with Gasteiger partial charge >= 0.3 is 5.97 Å². The fourth-order valence-corrected chi connectivity index (χ4v) is 2.04. The van der Waals surface area contributed by atoms with Crippen LogP contribution in [-0.4, -0.2) is 11.1 Å². The quantitative estimate of drug-likeness (QED) is 0.636. The summed E-state index contributed by atoms with van der Waals surface area (Å²) in [6.07, 6.45) is 4.92. The molecular weight excluding hydrogens is 164 g/mol. The van der Waals surface area contributed by atoms with Crippen LogP contribution in [0, 0.1) is 10.8 Å². The van der Waals surface area contributed by atoms with E-state index >= 15 is 0 Å². The lowest BCUT2D eigenvalue weighted by Crippen LogP contribution is -2.27. The van der Waals surface area contributed by atoms with Crippen LogP contribution in [0.2, 0.25) is 0 Å². The second-order valence-electron chi connectivity index (χ2n) is 5.38. The summed E-state index contributed by atoms with van der Waals surface area (Å²) in [5, 5.41) is 9.09. The fourth-order valence-electron chi connectivity index (χ4n) is 2.04. The summed E-state index contributed by atoms with van der Waals surface area (Å²) in [4.78, 5) is 11.0. The van der Waals surface area contributed by atoms with Crippen LogP contribution in [0.1, 0.15) is 52.9 Å². The Morgan fingerprint density at radius 2 is 1.69 bits per heavy atom. The molecule has 0 saturated heterocycles. The van der Waals surface area contributed by atoms with Crippen molar-refractivity contribution in [2.75, 3.05) is 0 Å². The van der Waals surface area contributed by atoms with Crippen molar-refractivity contribution in [2.24, 2.45) is 10.8 Å². The molecule has 0 spiro atoms. The molecule has 0 radical (unpaired) electrons. The molecule has 0 aliphatic heterocycles. The Morgan fingerprint density at radius 1 is 1.08 bits per heavy atom. The number of hydrogen-bond donors (Lipinski definition) is 1. The number of carboxylic acids is 1. The molecule has 0 aromatic carbocycles. The van der Waals surface area contributed by atoms with E-state index < -0.39 is 11.4 Å². The largest absolute Gasteiger partial charge is 0.481 e. The van der Waals surface area contributed by atoms with E-state index in [0.717, 1.165) is 32.1 Å². The molecule has 1 rings (SSSR count). The number of rotatable bonds is 1. The molecule has 0 heterocycles. The Morgan fingerprint density at radius 3 is 2.23 bits per heavy atom. The van der Waals surface area contributed by atoms with Gasteiger partial charge in [-0.2, -0.15) is 0 Å². The Bertz CT molecular complexity index is 208. The molecule has 0 bridgehead atoms. The Hall–Kier alpha value is -0.530. The zero-order valence-corrected chi connectivity index (χ0v) is 8.89. The van der Waals surface area contributed by atoms with E-state index in [1.54, 1.807) is 0 Å². The van der Waals surface area contributed by atoms with E-state index in [1.807, 2.05) is 6.92 Å². The van der Waals surface area contributed by atoms with Gasteiger partial charge in [0.15, 0.2) is 0 Å². The van der Waals surface area contributed by atoms with E-state index in [0.29, 0.717) is 5.41 Å². The molecule has 0 aromatic heterocycles. The minimum absolute atomic E-state index is 0.340. The van der Waals surface area contributed by atoms with Gasteiger partial charge < -0.3 is 5.11 Å². The number of aliphatic carboxylic acids is 1. The highest BCUT2D eigenvalue weighted by Crippen LogP contribution is 2.42. The third-order valence-electron chi connectivity index (χ3n) is 3.45. The van der Waals surface area contributed by atoms with E-state index in [4.69, 9.17) is 5.11 Å². The highest BCUT2D eigenvalue weighted by atomic mass is 16.4. The minimum Gasteiger partial charge on any atom is -0.481 e. The molecule has 1 aliphatic rings. The van der Waals surface area contributed by atoms with Gasteiger partial charge in [-0.15, -0.1) is 0 Å². The zero-order chi connectivity index (χ0) is 10.1. The molecule has 76 valence electrons. The highest BCUT2D eigenvalue weighted by molar-refractivity contribution is 5.74. The van der Waals surface area contributed by atoms with Crippen LogP contribution >= 0.6 is 0 Å². The first-order valence-electron chi connectivity index (χ1n) is 5.09. The van der Waals surface area contributed by atoms with Gasteiger partial charge in [-0.25, -0.2) is 0 Å². The highest BCUT2D eigenvalue weighted by Gasteiger charge is 2.37. The molecule has 0 aromatic rings. The smallest absolute Gasteiger partial charge is 0.309 e.